The third kappa shape index (κ3) is 2.00. The zero-order chi connectivity index (χ0) is 19.7. The van der Waals surface area contributed by atoms with Gasteiger partial charge in [-0.25, -0.2) is 9.59 Å². The normalized spacial score (nSPS) is 23.2. The maximum Gasteiger partial charge on any atom is 0.335 e. The summed E-state index contributed by atoms with van der Waals surface area (Å²) in [5.41, 5.74) is 5.26. The number of hydrogen-bond acceptors (Lipinski definition) is 3. The van der Waals surface area contributed by atoms with E-state index in [-0.39, 0.29) is 17.0 Å². The first-order chi connectivity index (χ1) is 13.4. The van der Waals surface area contributed by atoms with Crippen LogP contribution in [0.3, 0.4) is 0 Å². The number of carboxylic acids is 3. The molecular formula is C22H14O6. The lowest BCUT2D eigenvalue weighted by molar-refractivity contribution is -0.138. The van der Waals surface area contributed by atoms with Gasteiger partial charge in [0.1, 0.15) is 0 Å². The number of carboxylic acid groups (broad SMARTS) is 3. The molecule has 6 heteroatoms. The van der Waals surface area contributed by atoms with E-state index in [0.717, 1.165) is 27.8 Å². The van der Waals surface area contributed by atoms with E-state index in [2.05, 4.69) is 0 Å². The van der Waals surface area contributed by atoms with Crippen molar-refractivity contribution in [2.75, 3.05) is 0 Å². The van der Waals surface area contributed by atoms with Gasteiger partial charge in [-0.1, -0.05) is 24.3 Å². The van der Waals surface area contributed by atoms with Crippen LogP contribution >= 0.6 is 0 Å². The van der Waals surface area contributed by atoms with Gasteiger partial charge < -0.3 is 15.3 Å². The maximum atomic E-state index is 11.8. The summed E-state index contributed by atoms with van der Waals surface area (Å²) < 4.78 is 0. The van der Waals surface area contributed by atoms with Gasteiger partial charge in [-0.2, -0.15) is 0 Å². The summed E-state index contributed by atoms with van der Waals surface area (Å²) in [5.74, 6) is -4.59. The van der Waals surface area contributed by atoms with E-state index in [1.807, 2.05) is 6.08 Å². The van der Waals surface area contributed by atoms with Gasteiger partial charge in [0.2, 0.25) is 0 Å². The number of carbonyl (C=O) groups is 3. The van der Waals surface area contributed by atoms with Crippen LogP contribution in [0.5, 0.6) is 0 Å². The SMILES string of the molecule is O=C(O)c1ccc2c(c1)C1C3=C(C=CC3C(=O)O)C2c2ccc(C(=O)O)cc21. The number of benzene rings is 2. The summed E-state index contributed by atoms with van der Waals surface area (Å²) in [6, 6.07) is 9.87. The Labute approximate surface area is 159 Å². The number of rotatable bonds is 3. The highest BCUT2D eigenvalue weighted by atomic mass is 16.4. The van der Waals surface area contributed by atoms with E-state index in [0.29, 0.717) is 5.57 Å². The average Bonchev–Trinajstić information content (AvgIpc) is 3.12. The van der Waals surface area contributed by atoms with Gasteiger partial charge >= 0.3 is 17.9 Å². The molecule has 2 aromatic carbocycles. The Balaban J connectivity index is 1.81. The molecule has 0 heterocycles. The zero-order valence-corrected chi connectivity index (χ0v) is 14.4. The van der Waals surface area contributed by atoms with Crippen LogP contribution in [0.2, 0.25) is 0 Å². The quantitative estimate of drug-likeness (QED) is 0.760. The van der Waals surface area contributed by atoms with E-state index >= 15 is 0 Å². The summed E-state index contributed by atoms with van der Waals surface area (Å²) in [7, 11) is 0. The fourth-order valence-electron chi connectivity index (χ4n) is 4.85. The first-order valence-corrected chi connectivity index (χ1v) is 8.77. The van der Waals surface area contributed by atoms with Crippen LogP contribution in [0.4, 0.5) is 0 Å². The molecule has 4 aliphatic carbocycles. The van der Waals surface area contributed by atoms with Gasteiger partial charge in [0, 0.05) is 11.8 Å². The van der Waals surface area contributed by atoms with Crippen LogP contribution < -0.4 is 0 Å². The van der Waals surface area contributed by atoms with Crippen molar-refractivity contribution >= 4 is 17.9 Å². The summed E-state index contributed by atoms with van der Waals surface area (Å²) in [6.07, 6.45) is 3.49. The molecule has 4 aliphatic rings. The minimum absolute atomic E-state index is 0.127. The second-order valence-corrected chi connectivity index (χ2v) is 7.25. The lowest BCUT2D eigenvalue weighted by Gasteiger charge is -2.42. The van der Waals surface area contributed by atoms with Crippen LogP contribution in [-0.4, -0.2) is 33.2 Å². The second kappa shape index (κ2) is 5.42. The highest BCUT2D eigenvalue weighted by molar-refractivity contribution is 5.91. The van der Waals surface area contributed by atoms with Crippen LogP contribution in [0.1, 0.15) is 54.8 Å². The van der Waals surface area contributed by atoms with Gasteiger partial charge in [-0.15, -0.1) is 0 Å². The van der Waals surface area contributed by atoms with Crippen molar-refractivity contribution in [3.63, 3.8) is 0 Å². The van der Waals surface area contributed by atoms with Gasteiger partial charge in [0.25, 0.3) is 0 Å². The molecule has 1 atom stereocenters. The standard InChI is InChI=1S/C22H14O6/c23-20(24)9-1-3-11-15(7-9)19-16-8-10(21(25)26)2-4-12(16)17(11)13-5-6-14(18(13)19)22(27)28/h1-8,14,17,19H,(H,23,24)(H,25,26)(H,27,28). The van der Waals surface area contributed by atoms with Gasteiger partial charge in [-0.3, -0.25) is 4.79 Å². The third-order valence-electron chi connectivity index (χ3n) is 5.94. The first-order valence-electron chi connectivity index (χ1n) is 8.77. The van der Waals surface area contributed by atoms with E-state index in [4.69, 9.17) is 0 Å². The molecule has 138 valence electrons. The van der Waals surface area contributed by atoms with Crippen LogP contribution in [0.25, 0.3) is 0 Å². The fourth-order valence-corrected chi connectivity index (χ4v) is 4.85. The Morgan fingerprint density at radius 2 is 1.25 bits per heavy atom. The largest absolute Gasteiger partial charge is 0.481 e. The molecule has 0 amide bonds. The highest BCUT2D eigenvalue weighted by Crippen LogP contribution is 2.59. The Morgan fingerprint density at radius 3 is 1.71 bits per heavy atom. The molecule has 0 saturated heterocycles. The minimum Gasteiger partial charge on any atom is -0.481 e. The van der Waals surface area contributed by atoms with E-state index in [9.17, 15) is 29.7 Å². The number of aliphatic carboxylic acids is 1. The van der Waals surface area contributed by atoms with E-state index in [1.54, 1.807) is 42.5 Å². The average molecular weight is 374 g/mol. The Hall–Kier alpha value is -3.67. The van der Waals surface area contributed by atoms with Crippen molar-refractivity contribution in [1.82, 2.24) is 0 Å². The molecule has 0 spiro atoms. The van der Waals surface area contributed by atoms with Crippen molar-refractivity contribution in [2.24, 2.45) is 5.92 Å². The van der Waals surface area contributed by atoms with Crippen molar-refractivity contribution in [3.8, 4) is 0 Å². The van der Waals surface area contributed by atoms with E-state index < -0.39 is 29.7 Å². The lowest BCUT2D eigenvalue weighted by Crippen LogP contribution is -2.31. The number of allylic oxidation sites excluding steroid dienone is 2. The van der Waals surface area contributed by atoms with Crippen molar-refractivity contribution in [1.29, 1.82) is 0 Å². The lowest BCUT2D eigenvalue weighted by atomic mass is 9.60. The summed E-state index contributed by atoms with van der Waals surface area (Å²) >= 11 is 0. The monoisotopic (exact) mass is 374 g/mol. The first kappa shape index (κ1) is 16.5. The van der Waals surface area contributed by atoms with Crippen molar-refractivity contribution < 1.29 is 29.7 Å². The number of aromatic carboxylic acids is 2. The Bertz CT molecular complexity index is 1100. The Kier molecular flexibility index (Phi) is 3.19. The molecule has 0 fully saturated rings. The van der Waals surface area contributed by atoms with Crippen LogP contribution in [0.15, 0.2) is 59.7 Å². The predicted octanol–water partition coefficient (Wildman–Crippen LogP) is 3.24. The molecular weight excluding hydrogens is 360 g/mol. The minimum atomic E-state index is -1.06. The molecule has 1 unspecified atom stereocenters. The molecule has 3 N–H and O–H groups in total. The van der Waals surface area contributed by atoms with Gasteiger partial charge in [0.15, 0.2) is 0 Å². The zero-order valence-electron chi connectivity index (χ0n) is 14.4. The topological polar surface area (TPSA) is 112 Å². The molecule has 2 bridgehead atoms. The molecule has 0 aliphatic heterocycles. The maximum absolute atomic E-state index is 11.8. The van der Waals surface area contributed by atoms with Crippen LogP contribution in [-0.2, 0) is 4.79 Å². The molecule has 2 aromatic rings. The van der Waals surface area contributed by atoms with Crippen molar-refractivity contribution in [2.45, 2.75) is 11.8 Å². The molecule has 28 heavy (non-hydrogen) atoms. The summed E-state index contributed by atoms with van der Waals surface area (Å²) in [5, 5.41) is 28.5. The van der Waals surface area contributed by atoms with Gasteiger partial charge in [0.05, 0.1) is 17.0 Å². The third-order valence-corrected chi connectivity index (χ3v) is 5.94. The summed E-state index contributed by atoms with van der Waals surface area (Å²) in [4.78, 5) is 34.8. The number of hydrogen-bond donors (Lipinski definition) is 3. The predicted molar refractivity (Wildman–Crippen MR) is 97.8 cm³/mol. The molecule has 0 radical (unpaired) electrons. The molecule has 6 nitrogen and oxygen atoms in total. The molecule has 0 aromatic heterocycles. The Morgan fingerprint density at radius 1 is 0.714 bits per heavy atom. The molecule has 0 saturated carbocycles. The smallest absolute Gasteiger partial charge is 0.335 e. The summed E-state index contributed by atoms with van der Waals surface area (Å²) in [6.45, 7) is 0. The van der Waals surface area contributed by atoms with Crippen molar-refractivity contribution in [3.05, 3.63) is 93.1 Å². The highest BCUT2D eigenvalue weighted by Gasteiger charge is 2.47. The van der Waals surface area contributed by atoms with Crippen LogP contribution in [0, 0.1) is 5.92 Å². The molecule has 6 rings (SSSR count). The fraction of sp³-hybridized carbons (Fsp3) is 0.136. The van der Waals surface area contributed by atoms with Gasteiger partial charge in [-0.05, 0) is 57.7 Å². The second-order valence-electron chi connectivity index (χ2n) is 7.25. The van der Waals surface area contributed by atoms with E-state index in [1.165, 1.54) is 0 Å².